The Hall–Kier alpha value is -0.200. The molecule has 6 heteroatoms. The third-order valence-electron chi connectivity index (χ3n) is 2.64. The summed E-state index contributed by atoms with van der Waals surface area (Å²) < 4.78 is 0. The van der Waals surface area contributed by atoms with Crippen LogP contribution in [0.25, 0.3) is 0 Å². The van der Waals surface area contributed by atoms with Gasteiger partial charge in [-0.05, 0) is 37.5 Å². The molecule has 0 fully saturated rings. The number of benzene rings is 1. The molecule has 0 aliphatic heterocycles. The Bertz CT molecular complexity index is 436. The smallest absolute Gasteiger partial charge is 0.193 e. The number of nitrogens with zero attached hydrogens (tertiary/aromatic N) is 2. The number of aryl methyl sites for hydroxylation is 1. The van der Waals surface area contributed by atoms with E-state index >= 15 is 0 Å². The van der Waals surface area contributed by atoms with Crippen LogP contribution in [0.3, 0.4) is 0 Å². The standard InChI is InChI=1S/C14H21Cl2N3.HI/c1-4-17-14(19(2)3)18-9-5-6-11-7-8-12(15)10-13(11)16;/h7-8,10H,4-6,9H2,1-3H3,(H,17,18);1H. The third kappa shape index (κ3) is 6.99. The average Bonchev–Trinajstić information content (AvgIpc) is 2.35. The number of guanidine groups is 1. The van der Waals surface area contributed by atoms with Crippen LogP contribution in [-0.4, -0.2) is 38.0 Å². The molecule has 1 N–H and O–H groups in total. The predicted octanol–water partition coefficient (Wildman–Crippen LogP) is 4.07. The minimum absolute atomic E-state index is 0. The average molecular weight is 430 g/mol. The maximum absolute atomic E-state index is 6.13. The lowest BCUT2D eigenvalue weighted by molar-refractivity contribution is 0.582. The lowest BCUT2D eigenvalue weighted by Crippen LogP contribution is -2.36. The van der Waals surface area contributed by atoms with Gasteiger partial charge in [0, 0.05) is 37.2 Å². The van der Waals surface area contributed by atoms with Gasteiger partial charge in [-0.25, -0.2) is 0 Å². The quantitative estimate of drug-likeness (QED) is 0.330. The summed E-state index contributed by atoms with van der Waals surface area (Å²) in [6.45, 7) is 3.71. The van der Waals surface area contributed by atoms with Crippen LogP contribution in [0.4, 0.5) is 0 Å². The monoisotopic (exact) mass is 429 g/mol. The van der Waals surface area contributed by atoms with Crippen molar-refractivity contribution in [3.05, 3.63) is 33.8 Å². The highest BCUT2D eigenvalue weighted by Gasteiger charge is 2.02. The molecule has 0 saturated carbocycles. The lowest BCUT2D eigenvalue weighted by atomic mass is 10.1. The molecule has 20 heavy (non-hydrogen) atoms. The van der Waals surface area contributed by atoms with Gasteiger partial charge in [-0.1, -0.05) is 29.3 Å². The van der Waals surface area contributed by atoms with Crippen LogP contribution in [0.2, 0.25) is 10.0 Å². The van der Waals surface area contributed by atoms with Gasteiger partial charge in [-0.2, -0.15) is 0 Å². The van der Waals surface area contributed by atoms with E-state index in [1.165, 1.54) is 0 Å². The van der Waals surface area contributed by atoms with E-state index in [1.807, 2.05) is 31.1 Å². The van der Waals surface area contributed by atoms with Gasteiger partial charge in [0.25, 0.3) is 0 Å². The van der Waals surface area contributed by atoms with Crippen molar-refractivity contribution in [2.24, 2.45) is 4.99 Å². The second-order valence-corrected chi connectivity index (χ2v) is 5.31. The number of nitrogens with one attached hydrogen (secondary N) is 1. The summed E-state index contributed by atoms with van der Waals surface area (Å²) in [6, 6.07) is 5.63. The summed E-state index contributed by atoms with van der Waals surface area (Å²) in [6.07, 6.45) is 1.87. The number of aliphatic imine (C=N–C) groups is 1. The van der Waals surface area contributed by atoms with Crippen molar-refractivity contribution in [2.75, 3.05) is 27.2 Å². The molecule has 0 radical (unpaired) electrons. The number of halogens is 3. The Morgan fingerprint density at radius 1 is 1.30 bits per heavy atom. The van der Waals surface area contributed by atoms with Crippen LogP contribution in [0, 0.1) is 0 Å². The molecule has 0 atom stereocenters. The van der Waals surface area contributed by atoms with E-state index in [1.54, 1.807) is 6.07 Å². The summed E-state index contributed by atoms with van der Waals surface area (Å²) in [7, 11) is 3.97. The first-order chi connectivity index (χ1) is 9.04. The zero-order chi connectivity index (χ0) is 14.3. The van der Waals surface area contributed by atoms with Gasteiger partial charge in [0.1, 0.15) is 0 Å². The van der Waals surface area contributed by atoms with Crippen LogP contribution in [0.15, 0.2) is 23.2 Å². The van der Waals surface area contributed by atoms with Crippen molar-refractivity contribution in [2.45, 2.75) is 19.8 Å². The van der Waals surface area contributed by atoms with E-state index in [9.17, 15) is 0 Å². The topological polar surface area (TPSA) is 27.6 Å². The van der Waals surface area contributed by atoms with E-state index < -0.39 is 0 Å². The highest BCUT2D eigenvalue weighted by Crippen LogP contribution is 2.21. The molecule has 1 aromatic rings. The maximum Gasteiger partial charge on any atom is 0.193 e. The molecule has 114 valence electrons. The highest BCUT2D eigenvalue weighted by atomic mass is 127. The van der Waals surface area contributed by atoms with Gasteiger partial charge in [-0.3, -0.25) is 4.99 Å². The van der Waals surface area contributed by atoms with Crippen LogP contribution < -0.4 is 5.32 Å². The van der Waals surface area contributed by atoms with E-state index in [0.717, 1.165) is 42.5 Å². The fraction of sp³-hybridized carbons (Fsp3) is 0.500. The zero-order valence-electron chi connectivity index (χ0n) is 12.1. The predicted molar refractivity (Wildman–Crippen MR) is 99.9 cm³/mol. The van der Waals surface area contributed by atoms with Gasteiger partial charge in [0.15, 0.2) is 5.96 Å². The first-order valence-electron chi connectivity index (χ1n) is 6.44. The van der Waals surface area contributed by atoms with Gasteiger partial charge < -0.3 is 10.2 Å². The number of hydrogen-bond donors (Lipinski definition) is 1. The second kappa shape index (κ2) is 10.5. The molecule has 0 aromatic heterocycles. The molecule has 0 aliphatic carbocycles. The van der Waals surface area contributed by atoms with Crippen molar-refractivity contribution >= 4 is 53.1 Å². The number of rotatable bonds is 5. The van der Waals surface area contributed by atoms with Gasteiger partial charge in [0.2, 0.25) is 0 Å². The third-order valence-corrected chi connectivity index (χ3v) is 3.23. The van der Waals surface area contributed by atoms with Crippen molar-refractivity contribution < 1.29 is 0 Å². The molecule has 0 spiro atoms. The Labute approximate surface area is 148 Å². The lowest BCUT2D eigenvalue weighted by Gasteiger charge is -2.16. The molecule has 0 saturated heterocycles. The molecule has 0 bridgehead atoms. The molecule has 0 unspecified atom stereocenters. The van der Waals surface area contributed by atoms with Gasteiger partial charge in [0.05, 0.1) is 0 Å². The summed E-state index contributed by atoms with van der Waals surface area (Å²) in [5.41, 5.74) is 1.12. The Morgan fingerprint density at radius 2 is 2.00 bits per heavy atom. The molecular formula is C14H22Cl2IN3. The van der Waals surface area contributed by atoms with Crippen LogP contribution in [0.5, 0.6) is 0 Å². The molecule has 1 rings (SSSR count). The zero-order valence-corrected chi connectivity index (χ0v) is 16.0. The van der Waals surface area contributed by atoms with E-state index in [0.29, 0.717) is 5.02 Å². The van der Waals surface area contributed by atoms with E-state index in [-0.39, 0.29) is 24.0 Å². The molecule has 1 aromatic carbocycles. The van der Waals surface area contributed by atoms with E-state index in [4.69, 9.17) is 23.2 Å². The first kappa shape index (κ1) is 19.8. The summed E-state index contributed by atoms with van der Waals surface area (Å²) in [4.78, 5) is 6.52. The largest absolute Gasteiger partial charge is 0.357 e. The van der Waals surface area contributed by atoms with Crippen LogP contribution in [-0.2, 0) is 6.42 Å². The molecule has 3 nitrogen and oxygen atoms in total. The minimum atomic E-state index is 0. The van der Waals surface area contributed by atoms with Crippen LogP contribution in [0.1, 0.15) is 18.9 Å². The van der Waals surface area contributed by atoms with Crippen molar-refractivity contribution in [3.8, 4) is 0 Å². The maximum atomic E-state index is 6.13. The molecular weight excluding hydrogens is 408 g/mol. The van der Waals surface area contributed by atoms with Crippen molar-refractivity contribution in [1.82, 2.24) is 10.2 Å². The molecule has 0 heterocycles. The molecule has 0 amide bonds. The SMILES string of the molecule is CCNC(=NCCCc1ccc(Cl)cc1Cl)N(C)C.I. The molecule has 0 aliphatic rings. The number of hydrogen-bond acceptors (Lipinski definition) is 1. The highest BCUT2D eigenvalue weighted by molar-refractivity contribution is 14.0. The van der Waals surface area contributed by atoms with Crippen molar-refractivity contribution in [1.29, 1.82) is 0 Å². The van der Waals surface area contributed by atoms with Crippen LogP contribution >= 0.6 is 47.2 Å². The van der Waals surface area contributed by atoms with E-state index in [2.05, 4.69) is 17.2 Å². The van der Waals surface area contributed by atoms with Crippen molar-refractivity contribution in [3.63, 3.8) is 0 Å². The summed E-state index contributed by atoms with van der Waals surface area (Å²) >= 11 is 12.0. The summed E-state index contributed by atoms with van der Waals surface area (Å²) in [5, 5.41) is 4.64. The fourth-order valence-corrected chi connectivity index (χ4v) is 2.20. The van der Waals surface area contributed by atoms with Gasteiger partial charge in [-0.15, -0.1) is 24.0 Å². The normalized spacial score (nSPS) is 10.9. The Balaban J connectivity index is 0.00000361. The first-order valence-corrected chi connectivity index (χ1v) is 7.19. The second-order valence-electron chi connectivity index (χ2n) is 4.47. The minimum Gasteiger partial charge on any atom is -0.357 e. The Morgan fingerprint density at radius 3 is 2.55 bits per heavy atom. The Kier molecular flexibility index (Phi) is 10.4. The fourth-order valence-electron chi connectivity index (χ4n) is 1.69. The van der Waals surface area contributed by atoms with Gasteiger partial charge >= 0.3 is 0 Å². The summed E-state index contributed by atoms with van der Waals surface area (Å²) in [5.74, 6) is 0.921.